The van der Waals surface area contributed by atoms with Gasteiger partial charge in [-0.1, -0.05) is 30.3 Å². The van der Waals surface area contributed by atoms with Crippen LogP contribution in [0.15, 0.2) is 52.5 Å². The number of hydrogen-bond acceptors (Lipinski definition) is 4. The van der Waals surface area contributed by atoms with Crippen LogP contribution in [0.2, 0.25) is 0 Å². The molecule has 134 valence electrons. The molecule has 0 fully saturated rings. The molecule has 1 N–H and O–H groups in total. The molecule has 0 saturated heterocycles. The van der Waals surface area contributed by atoms with Crippen molar-refractivity contribution in [1.82, 2.24) is 5.32 Å². The summed E-state index contributed by atoms with van der Waals surface area (Å²) in [5, 5.41) is 12.2. The highest BCUT2D eigenvalue weighted by Gasteiger charge is 2.15. The van der Waals surface area contributed by atoms with Crippen molar-refractivity contribution in [3.05, 3.63) is 63.6 Å². The standard InChI is InChI=1S/C20H19BrN2O3/c1-13(15-7-5-4-6-8-15)23-20(24)16(12-22)9-14-10-17(21)19(26-3)18(11-14)25-2/h4-11,13H,1-3H3,(H,23,24)/b16-9+/t13-/m0/s1. The summed E-state index contributed by atoms with van der Waals surface area (Å²) < 4.78 is 11.2. The van der Waals surface area contributed by atoms with Gasteiger partial charge in [-0.2, -0.15) is 5.26 Å². The molecule has 0 spiro atoms. The van der Waals surface area contributed by atoms with Crippen LogP contribution in [-0.4, -0.2) is 20.1 Å². The molecular formula is C20H19BrN2O3. The van der Waals surface area contributed by atoms with Gasteiger partial charge < -0.3 is 14.8 Å². The molecule has 0 aliphatic rings. The average Bonchev–Trinajstić information content (AvgIpc) is 2.66. The highest BCUT2D eigenvalue weighted by molar-refractivity contribution is 9.10. The van der Waals surface area contributed by atoms with Crippen molar-refractivity contribution in [1.29, 1.82) is 5.26 Å². The molecule has 2 aromatic carbocycles. The third kappa shape index (κ3) is 4.64. The van der Waals surface area contributed by atoms with Crippen LogP contribution in [-0.2, 0) is 4.79 Å². The zero-order chi connectivity index (χ0) is 19.1. The lowest BCUT2D eigenvalue weighted by molar-refractivity contribution is -0.117. The molecule has 1 atom stereocenters. The van der Waals surface area contributed by atoms with Gasteiger partial charge in [0.15, 0.2) is 11.5 Å². The minimum atomic E-state index is -0.435. The Balaban J connectivity index is 2.26. The number of amides is 1. The van der Waals surface area contributed by atoms with Crippen LogP contribution in [0, 0.1) is 11.3 Å². The molecule has 0 aromatic heterocycles. The number of nitrogens with one attached hydrogen (secondary N) is 1. The Morgan fingerprint density at radius 2 is 1.92 bits per heavy atom. The van der Waals surface area contributed by atoms with Gasteiger partial charge >= 0.3 is 0 Å². The Labute approximate surface area is 161 Å². The maximum absolute atomic E-state index is 12.5. The number of methoxy groups -OCH3 is 2. The highest BCUT2D eigenvalue weighted by atomic mass is 79.9. The Bertz CT molecular complexity index is 857. The first kappa shape index (κ1) is 19.5. The van der Waals surface area contributed by atoms with Crippen molar-refractivity contribution in [2.45, 2.75) is 13.0 Å². The van der Waals surface area contributed by atoms with E-state index in [-0.39, 0.29) is 11.6 Å². The fourth-order valence-electron chi connectivity index (χ4n) is 2.44. The summed E-state index contributed by atoms with van der Waals surface area (Å²) in [6.45, 7) is 1.87. The van der Waals surface area contributed by atoms with E-state index in [4.69, 9.17) is 9.47 Å². The van der Waals surface area contributed by atoms with Crippen LogP contribution in [0.25, 0.3) is 6.08 Å². The molecule has 5 nitrogen and oxygen atoms in total. The lowest BCUT2D eigenvalue weighted by Gasteiger charge is -2.14. The number of carbonyl (C=O) groups excluding carboxylic acids is 1. The average molecular weight is 415 g/mol. The molecular weight excluding hydrogens is 396 g/mol. The molecule has 0 aliphatic carbocycles. The number of rotatable bonds is 6. The van der Waals surface area contributed by atoms with Crippen LogP contribution in [0.4, 0.5) is 0 Å². The predicted molar refractivity (Wildman–Crippen MR) is 104 cm³/mol. The summed E-state index contributed by atoms with van der Waals surface area (Å²) in [5.74, 6) is 0.614. The quantitative estimate of drug-likeness (QED) is 0.566. The van der Waals surface area contributed by atoms with Crippen LogP contribution < -0.4 is 14.8 Å². The van der Waals surface area contributed by atoms with Crippen molar-refractivity contribution in [2.24, 2.45) is 0 Å². The molecule has 0 bridgehead atoms. The molecule has 0 radical (unpaired) electrons. The first-order chi connectivity index (χ1) is 12.5. The summed E-state index contributed by atoms with van der Waals surface area (Å²) in [4.78, 5) is 12.5. The van der Waals surface area contributed by atoms with E-state index in [1.807, 2.05) is 43.3 Å². The van der Waals surface area contributed by atoms with Gasteiger partial charge in [-0.25, -0.2) is 0 Å². The zero-order valence-electron chi connectivity index (χ0n) is 14.7. The Kier molecular flexibility index (Phi) is 6.81. The molecule has 6 heteroatoms. The number of carbonyl (C=O) groups is 1. The lowest BCUT2D eigenvalue weighted by atomic mass is 10.1. The summed E-state index contributed by atoms with van der Waals surface area (Å²) >= 11 is 3.40. The number of ether oxygens (including phenoxy) is 2. The lowest BCUT2D eigenvalue weighted by Crippen LogP contribution is -2.27. The highest BCUT2D eigenvalue weighted by Crippen LogP contribution is 2.36. The molecule has 2 aromatic rings. The van der Waals surface area contributed by atoms with E-state index in [0.29, 0.717) is 21.5 Å². The summed E-state index contributed by atoms with van der Waals surface area (Å²) in [7, 11) is 3.06. The van der Waals surface area contributed by atoms with Gasteiger partial charge in [0.1, 0.15) is 11.6 Å². The molecule has 0 heterocycles. The summed E-state index contributed by atoms with van der Waals surface area (Å²) in [6.07, 6.45) is 1.51. The van der Waals surface area contributed by atoms with E-state index in [1.165, 1.54) is 20.3 Å². The molecule has 1 amide bonds. The third-order valence-corrected chi connectivity index (χ3v) is 4.37. The second kappa shape index (κ2) is 9.07. The first-order valence-corrected chi connectivity index (χ1v) is 8.68. The molecule has 0 aliphatic heterocycles. The fraction of sp³-hybridized carbons (Fsp3) is 0.200. The topological polar surface area (TPSA) is 71.3 Å². The molecule has 26 heavy (non-hydrogen) atoms. The van der Waals surface area contributed by atoms with Crippen LogP contribution in [0.5, 0.6) is 11.5 Å². The molecule has 0 unspecified atom stereocenters. The third-order valence-electron chi connectivity index (χ3n) is 3.78. The van der Waals surface area contributed by atoms with E-state index < -0.39 is 5.91 Å². The van der Waals surface area contributed by atoms with E-state index in [1.54, 1.807) is 12.1 Å². The zero-order valence-corrected chi connectivity index (χ0v) is 16.3. The Hall–Kier alpha value is -2.78. The molecule has 2 rings (SSSR count). The van der Waals surface area contributed by atoms with E-state index in [0.717, 1.165) is 5.56 Å². The number of benzene rings is 2. The van der Waals surface area contributed by atoms with Crippen LogP contribution >= 0.6 is 15.9 Å². The predicted octanol–water partition coefficient (Wildman–Crippen LogP) is 4.25. The van der Waals surface area contributed by atoms with Gasteiger partial charge in [-0.05, 0) is 52.2 Å². The SMILES string of the molecule is COc1cc(/C=C(\C#N)C(=O)N[C@@H](C)c2ccccc2)cc(Br)c1OC. The van der Waals surface area contributed by atoms with Crippen molar-refractivity contribution >= 4 is 27.9 Å². The minimum Gasteiger partial charge on any atom is -0.493 e. The van der Waals surface area contributed by atoms with Gasteiger partial charge in [-0.3, -0.25) is 4.79 Å². The van der Waals surface area contributed by atoms with Crippen molar-refractivity contribution in [3.8, 4) is 17.6 Å². The second-order valence-electron chi connectivity index (χ2n) is 5.51. The van der Waals surface area contributed by atoms with Gasteiger partial charge in [0.2, 0.25) is 0 Å². The van der Waals surface area contributed by atoms with Crippen LogP contribution in [0.1, 0.15) is 24.1 Å². The summed E-state index contributed by atoms with van der Waals surface area (Å²) in [6, 6.07) is 14.8. The van der Waals surface area contributed by atoms with Gasteiger partial charge in [0.25, 0.3) is 5.91 Å². The van der Waals surface area contributed by atoms with Crippen molar-refractivity contribution < 1.29 is 14.3 Å². The summed E-state index contributed by atoms with van der Waals surface area (Å²) in [5.41, 5.74) is 1.62. The smallest absolute Gasteiger partial charge is 0.262 e. The van der Waals surface area contributed by atoms with E-state index >= 15 is 0 Å². The number of halogens is 1. The largest absolute Gasteiger partial charge is 0.493 e. The second-order valence-corrected chi connectivity index (χ2v) is 6.37. The normalized spacial score (nSPS) is 12.0. The van der Waals surface area contributed by atoms with Crippen molar-refractivity contribution in [3.63, 3.8) is 0 Å². The number of nitrogens with zero attached hydrogens (tertiary/aromatic N) is 1. The maximum atomic E-state index is 12.5. The monoisotopic (exact) mass is 414 g/mol. The number of hydrogen-bond donors (Lipinski definition) is 1. The van der Waals surface area contributed by atoms with Crippen LogP contribution in [0.3, 0.4) is 0 Å². The molecule has 0 saturated carbocycles. The van der Waals surface area contributed by atoms with Gasteiger partial charge in [0.05, 0.1) is 24.7 Å². The first-order valence-electron chi connectivity index (χ1n) is 7.89. The Morgan fingerprint density at radius 3 is 2.50 bits per heavy atom. The van der Waals surface area contributed by atoms with E-state index in [9.17, 15) is 10.1 Å². The van der Waals surface area contributed by atoms with Gasteiger partial charge in [0, 0.05) is 0 Å². The van der Waals surface area contributed by atoms with Gasteiger partial charge in [-0.15, -0.1) is 0 Å². The maximum Gasteiger partial charge on any atom is 0.262 e. The van der Waals surface area contributed by atoms with E-state index in [2.05, 4.69) is 21.2 Å². The number of nitriles is 1. The minimum absolute atomic E-state index is 0.00639. The Morgan fingerprint density at radius 1 is 1.23 bits per heavy atom. The van der Waals surface area contributed by atoms with Crippen molar-refractivity contribution in [2.75, 3.05) is 14.2 Å². The fourth-order valence-corrected chi connectivity index (χ4v) is 3.06.